The number of anilines is 1. The van der Waals surface area contributed by atoms with Gasteiger partial charge < -0.3 is 15.5 Å². The largest absolute Gasteiger partial charge is 0.508 e. The van der Waals surface area contributed by atoms with Gasteiger partial charge in [-0.3, -0.25) is 0 Å². The van der Waals surface area contributed by atoms with Crippen LogP contribution >= 0.6 is 27.5 Å². The van der Waals surface area contributed by atoms with Gasteiger partial charge in [0, 0.05) is 16.1 Å². The Morgan fingerprint density at radius 2 is 1.95 bits per heavy atom. The molecule has 0 aliphatic heterocycles. The van der Waals surface area contributed by atoms with E-state index in [1.807, 2.05) is 6.92 Å². The van der Waals surface area contributed by atoms with Crippen molar-refractivity contribution in [1.82, 2.24) is 0 Å². The van der Waals surface area contributed by atoms with Gasteiger partial charge in [-0.25, -0.2) is 4.39 Å². The Bertz CT molecular complexity index is 628. The topological polar surface area (TPSA) is 52.5 Å². The van der Waals surface area contributed by atoms with E-state index in [1.165, 1.54) is 24.3 Å². The molecule has 0 fully saturated rings. The van der Waals surface area contributed by atoms with Gasteiger partial charge in [0.05, 0.1) is 16.8 Å². The third-order valence-electron chi connectivity index (χ3n) is 2.85. The van der Waals surface area contributed by atoms with Crippen molar-refractivity contribution in [2.45, 2.75) is 13.0 Å². The van der Waals surface area contributed by atoms with Crippen LogP contribution in [0.25, 0.3) is 0 Å². The first-order chi connectivity index (χ1) is 9.38. The maximum absolute atomic E-state index is 13.2. The van der Waals surface area contributed by atoms with Crippen LogP contribution in [0, 0.1) is 5.82 Å². The van der Waals surface area contributed by atoms with Gasteiger partial charge in [0.2, 0.25) is 0 Å². The van der Waals surface area contributed by atoms with E-state index in [9.17, 15) is 14.6 Å². The molecule has 2 aromatic rings. The molecule has 0 saturated carbocycles. The highest BCUT2D eigenvalue weighted by Gasteiger charge is 2.15. The molecule has 0 heterocycles. The molecule has 0 radical (unpaired) electrons. The molecule has 0 amide bonds. The zero-order chi connectivity index (χ0) is 14.9. The summed E-state index contributed by atoms with van der Waals surface area (Å²) in [7, 11) is 0. The summed E-state index contributed by atoms with van der Waals surface area (Å²) < 4.78 is 13.7. The average molecular weight is 361 g/mol. The van der Waals surface area contributed by atoms with Crippen LogP contribution in [0.3, 0.4) is 0 Å². The van der Waals surface area contributed by atoms with E-state index in [0.29, 0.717) is 15.7 Å². The molecular formula is C14H12BrClFNO2. The molecule has 0 aromatic heterocycles. The second-order valence-corrected chi connectivity index (χ2v) is 5.62. The van der Waals surface area contributed by atoms with Crippen LogP contribution in [-0.4, -0.2) is 10.2 Å². The minimum absolute atomic E-state index is 0.0144. The molecule has 2 aromatic carbocycles. The fraction of sp³-hybridized carbons (Fsp3) is 0.143. The van der Waals surface area contributed by atoms with E-state index in [0.717, 1.165) is 0 Å². The number of halogens is 3. The van der Waals surface area contributed by atoms with Crippen LogP contribution in [0.15, 0.2) is 34.8 Å². The van der Waals surface area contributed by atoms with Crippen molar-refractivity contribution in [3.63, 3.8) is 0 Å². The first-order valence-electron chi connectivity index (χ1n) is 5.81. The number of nitrogens with one attached hydrogen (secondary N) is 1. The van der Waals surface area contributed by atoms with E-state index in [1.54, 1.807) is 6.07 Å². The molecule has 0 saturated heterocycles. The van der Waals surface area contributed by atoms with Crippen molar-refractivity contribution in [3.05, 3.63) is 51.2 Å². The number of phenols is 2. The molecule has 3 nitrogen and oxygen atoms in total. The van der Waals surface area contributed by atoms with Gasteiger partial charge in [0.1, 0.15) is 17.3 Å². The van der Waals surface area contributed by atoms with E-state index in [-0.39, 0.29) is 22.6 Å². The van der Waals surface area contributed by atoms with Crippen LogP contribution < -0.4 is 5.32 Å². The molecular weight excluding hydrogens is 349 g/mol. The lowest BCUT2D eigenvalue weighted by Crippen LogP contribution is -2.08. The molecule has 0 aliphatic rings. The predicted octanol–water partition coefficient (Wildman–Crippen LogP) is 4.83. The Labute approximate surface area is 129 Å². The molecule has 3 N–H and O–H groups in total. The zero-order valence-corrected chi connectivity index (χ0v) is 12.8. The van der Waals surface area contributed by atoms with Crippen molar-refractivity contribution >= 4 is 33.2 Å². The second-order valence-electron chi connectivity index (χ2n) is 4.35. The SMILES string of the molecule is CC(Nc1c(Cl)cc(F)cc1Br)c1ccc(O)cc1O. The minimum atomic E-state index is -0.437. The number of benzene rings is 2. The fourth-order valence-electron chi connectivity index (χ4n) is 1.87. The first kappa shape index (κ1) is 14.9. The fourth-order valence-corrected chi connectivity index (χ4v) is 2.79. The molecule has 2 rings (SSSR count). The monoisotopic (exact) mass is 359 g/mol. The third-order valence-corrected chi connectivity index (χ3v) is 3.77. The van der Waals surface area contributed by atoms with E-state index in [2.05, 4.69) is 21.2 Å². The van der Waals surface area contributed by atoms with Crippen LogP contribution in [0.4, 0.5) is 10.1 Å². The normalized spacial score (nSPS) is 12.2. The van der Waals surface area contributed by atoms with Crippen molar-refractivity contribution in [1.29, 1.82) is 0 Å². The van der Waals surface area contributed by atoms with Gasteiger partial charge >= 0.3 is 0 Å². The number of hydrogen-bond donors (Lipinski definition) is 3. The van der Waals surface area contributed by atoms with E-state index in [4.69, 9.17) is 11.6 Å². The van der Waals surface area contributed by atoms with Crippen molar-refractivity contribution in [2.24, 2.45) is 0 Å². The molecule has 106 valence electrons. The first-order valence-corrected chi connectivity index (χ1v) is 6.98. The Kier molecular flexibility index (Phi) is 4.40. The zero-order valence-electron chi connectivity index (χ0n) is 10.5. The number of aromatic hydroxyl groups is 2. The summed E-state index contributed by atoms with van der Waals surface area (Å²) in [6, 6.07) is 6.57. The lowest BCUT2D eigenvalue weighted by Gasteiger charge is -2.19. The van der Waals surface area contributed by atoms with Crippen LogP contribution in [-0.2, 0) is 0 Å². The summed E-state index contributed by atoms with van der Waals surface area (Å²) in [5.74, 6) is -0.480. The standard InChI is InChI=1S/C14H12BrClFNO2/c1-7(10-3-2-9(19)6-13(10)20)18-14-11(15)4-8(17)5-12(14)16/h2-7,18-20H,1H3. The number of phenolic OH excluding ortho intramolecular Hbond substituents is 2. The maximum Gasteiger partial charge on any atom is 0.125 e. The molecule has 0 spiro atoms. The predicted molar refractivity (Wildman–Crippen MR) is 80.9 cm³/mol. The van der Waals surface area contributed by atoms with Gasteiger partial charge in [0.25, 0.3) is 0 Å². The van der Waals surface area contributed by atoms with Crippen molar-refractivity contribution in [2.75, 3.05) is 5.32 Å². The van der Waals surface area contributed by atoms with E-state index < -0.39 is 5.82 Å². The van der Waals surface area contributed by atoms with Gasteiger partial charge in [0.15, 0.2) is 0 Å². The molecule has 0 aliphatic carbocycles. The van der Waals surface area contributed by atoms with Gasteiger partial charge in [-0.05, 0) is 47.1 Å². The molecule has 0 bridgehead atoms. The Morgan fingerprint density at radius 1 is 1.25 bits per heavy atom. The minimum Gasteiger partial charge on any atom is -0.508 e. The highest BCUT2D eigenvalue weighted by molar-refractivity contribution is 9.10. The van der Waals surface area contributed by atoms with Crippen LogP contribution in [0.2, 0.25) is 5.02 Å². The van der Waals surface area contributed by atoms with Crippen molar-refractivity contribution in [3.8, 4) is 11.5 Å². The highest BCUT2D eigenvalue weighted by Crippen LogP contribution is 2.36. The quantitative estimate of drug-likeness (QED) is 0.735. The van der Waals surface area contributed by atoms with E-state index >= 15 is 0 Å². The molecule has 1 unspecified atom stereocenters. The van der Waals surface area contributed by atoms with Crippen LogP contribution in [0.1, 0.15) is 18.5 Å². The summed E-state index contributed by atoms with van der Waals surface area (Å²) in [6.45, 7) is 1.82. The second kappa shape index (κ2) is 5.89. The third kappa shape index (κ3) is 3.16. The lowest BCUT2D eigenvalue weighted by molar-refractivity contribution is 0.444. The highest BCUT2D eigenvalue weighted by atomic mass is 79.9. The van der Waals surface area contributed by atoms with Gasteiger partial charge in [-0.2, -0.15) is 0 Å². The Hall–Kier alpha value is -1.46. The maximum atomic E-state index is 13.2. The smallest absolute Gasteiger partial charge is 0.125 e. The van der Waals surface area contributed by atoms with Crippen molar-refractivity contribution < 1.29 is 14.6 Å². The van der Waals surface area contributed by atoms with Gasteiger partial charge in [-0.15, -0.1) is 0 Å². The summed E-state index contributed by atoms with van der Waals surface area (Å²) in [4.78, 5) is 0. The summed E-state index contributed by atoms with van der Waals surface area (Å²) in [6.07, 6.45) is 0. The Balaban J connectivity index is 2.30. The van der Waals surface area contributed by atoms with Gasteiger partial charge in [-0.1, -0.05) is 11.6 Å². The number of hydrogen-bond acceptors (Lipinski definition) is 3. The summed E-state index contributed by atoms with van der Waals surface area (Å²) in [5, 5.41) is 22.4. The molecule has 6 heteroatoms. The van der Waals surface area contributed by atoms with Crippen LogP contribution in [0.5, 0.6) is 11.5 Å². The summed E-state index contributed by atoms with van der Waals surface area (Å²) in [5.41, 5.74) is 1.13. The molecule has 1 atom stereocenters. The lowest BCUT2D eigenvalue weighted by atomic mass is 10.1. The molecule has 20 heavy (non-hydrogen) atoms. The Morgan fingerprint density at radius 3 is 2.55 bits per heavy atom. The summed E-state index contributed by atoms with van der Waals surface area (Å²) >= 11 is 9.24. The number of rotatable bonds is 3. The average Bonchev–Trinajstić information content (AvgIpc) is 2.33.